The lowest BCUT2D eigenvalue weighted by Gasteiger charge is -2.14. The largest absolute Gasteiger partial charge is 0.335 e. The zero-order chi connectivity index (χ0) is 19.5. The average molecular weight is 393 g/mol. The van der Waals surface area contributed by atoms with Gasteiger partial charge in [0.1, 0.15) is 5.82 Å². The van der Waals surface area contributed by atoms with E-state index < -0.39 is 0 Å². The maximum atomic E-state index is 13.3. The summed E-state index contributed by atoms with van der Waals surface area (Å²) < 4.78 is 14.9. The standard InChI is InChI=1S/C20H16FN5OS/c1-25(13-14-8-10-22-11-9-14)20(27)18-23-19(17-3-2-12-28-17)26(24-18)16-6-4-15(21)5-7-16/h2-12H,13H2,1H3. The Bertz CT molecular complexity index is 1080. The first kappa shape index (κ1) is 18.0. The SMILES string of the molecule is CN(Cc1ccncc1)C(=O)c1nc(-c2cccs2)n(-c2ccc(F)cc2)n1. The van der Waals surface area contributed by atoms with Crippen molar-refractivity contribution >= 4 is 17.2 Å². The number of nitrogens with zero attached hydrogens (tertiary/aromatic N) is 5. The fourth-order valence-corrected chi connectivity index (χ4v) is 3.43. The van der Waals surface area contributed by atoms with Crippen LogP contribution in [0.25, 0.3) is 16.4 Å². The molecule has 1 aromatic carbocycles. The molecule has 28 heavy (non-hydrogen) atoms. The Hall–Kier alpha value is -3.39. The molecule has 4 rings (SSSR count). The van der Waals surface area contributed by atoms with Gasteiger partial charge >= 0.3 is 0 Å². The van der Waals surface area contributed by atoms with Gasteiger partial charge in [-0.05, 0) is 53.4 Å². The van der Waals surface area contributed by atoms with Gasteiger partial charge in [0.2, 0.25) is 5.82 Å². The van der Waals surface area contributed by atoms with E-state index in [2.05, 4.69) is 15.1 Å². The van der Waals surface area contributed by atoms with Crippen molar-refractivity contribution in [1.82, 2.24) is 24.6 Å². The highest BCUT2D eigenvalue weighted by Gasteiger charge is 2.22. The summed E-state index contributed by atoms with van der Waals surface area (Å²) in [6.07, 6.45) is 3.37. The van der Waals surface area contributed by atoms with Gasteiger partial charge in [-0.25, -0.2) is 14.1 Å². The van der Waals surface area contributed by atoms with Crippen molar-refractivity contribution in [2.75, 3.05) is 7.05 Å². The zero-order valence-corrected chi connectivity index (χ0v) is 15.8. The van der Waals surface area contributed by atoms with Gasteiger partial charge in [-0.3, -0.25) is 9.78 Å². The van der Waals surface area contributed by atoms with Crippen LogP contribution >= 0.6 is 11.3 Å². The number of hydrogen-bond acceptors (Lipinski definition) is 5. The number of carbonyl (C=O) groups is 1. The summed E-state index contributed by atoms with van der Waals surface area (Å²) in [5.41, 5.74) is 1.59. The van der Waals surface area contributed by atoms with Gasteiger partial charge in [0.15, 0.2) is 5.82 Å². The van der Waals surface area contributed by atoms with E-state index in [4.69, 9.17) is 0 Å². The minimum atomic E-state index is -0.338. The second-order valence-corrected chi connectivity index (χ2v) is 7.09. The maximum absolute atomic E-state index is 13.3. The molecule has 0 aliphatic carbocycles. The smallest absolute Gasteiger partial charge is 0.293 e. The molecular weight excluding hydrogens is 377 g/mol. The first-order chi connectivity index (χ1) is 13.6. The van der Waals surface area contributed by atoms with E-state index in [9.17, 15) is 9.18 Å². The van der Waals surface area contributed by atoms with Crippen LogP contribution in [0, 0.1) is 5.82 Å². The van der Waals surface area contributed by atoms with E-state index in [1.807, 2.05) is 29.6 Å². The molecule has 8 heteroatoms. The van der Waals surface area contributed by atoms with Crippen molar-refractivity contribution < 1.29 is 9.18 Å². The van der Waals surface area contributed by atoms with Crippen molar-refractivity contribution in [2.45, 2.75) is 6.54 Å². The van der Waals surface area contributed by atoms with Crippen LogP contribution in [0.3, 0.4) is 0 Å². The number of hydrogen-bond donors (Lipinski definition) is 0. The van der Waals surface area contributed by atoms with E-state index in [0.29, 0.717) is 18.1 Å². The van der Waals surface area contributed by atoms with Gasteiger partial charge in [0.25, 0.3) is 5.91 Å². The van der Waals surface area contributed by atoms with Crippen LogP contribution in [0.15, 0.2) is 66.3 Å². The number of carbonyl (C=O) groups excluding carboxylic acids is 1. The number of rotatable bonds is 5. The van der Waals surface area contributed by atoms with Crippen molar-refractivity contribution in [2.24, 2.45) is 0 Å². The lowest BCUT2D eigenvalue weighted by atomic mass is 10.2. The molecule has 0 N–H and O–H groups in total. The molecule has 3 aromatic heterocycles. The molecule has 0 fully saturated rings. The number of thiophene rings is 1. The minimum Gasteiger partial charge on any atom is -0.335 e. The van der Waals surface area contributed by atoms with E-state index in [-0.39, 0.29) is 17.5 Å². The van der Waals surface area contributed by atoms with Crippen molar-refractivity contribution in [3.05, 3.63) is 83.5 Å². The van der Waals surface area contributed by atoms with Gasteiger partial charge in [0, 0.05) is 26.0 Å². The van der Waals surface area contributed by atoms with Crippen LogP contribution in [-0.4, -0.2) is 37.6 Å². The Morgan fingerprint density at radius 3 is 2.57 bits per heavy atom. The molecule has 0 unspecified atom stereocenters. The minimum absolute atomic E-state index is 0.0873. The number of benzene rings is 1. The van der Waals surface area contributed by atoms with Gasteiger partial charge in [-0.15, -0.1) is 16.4 Å². The Kier molecular flexibility index (Phi) is 4.94. The summed E-state index contributed by atoms with van der Waals surface area (Å²) in [4.78, 5) is 23.8. The second-order valence-electron chi connectivity index (χ2n) is 6.14. The van der Waals surface area contributed by atoms with Gasteiger partial charge in [-0.1, -0.05) is 6.07 Å². The summed E-state index contributed by atoms with van der Waals surface area (Å²) in [6, 6.07) is 13.4. The third kappa shape index (κ3) is 3.67. The van der Waals surface area contributed by atoms with Crippen LogP contribution in [0.1, 0.15) is 16.2 Å². The lowest BCUT2D eigenvalue weighted by Crippen LogP contribution is -2.27. The van der Waals surface area contributed by atoms with Crippen molar-refractivity contribution in [1.29, 1.82) is 0 Å². The highest BCUT2D eigenvalue weighted by Crippen LogP contribution is 2.26. The molecule has 0 aliphatic rings. The molecule has 0 saturated carbocycles. The third-order valence-corrected chi connectivity index (χ3v) is 4.99. The third-order valence-electron chi connectivity index (χ3n) is 4.13. The number of amides is 1. The lowest BCUT2D eigenvalue weighted by molar-refractivity contribution is 0.0773. The quantitative estimate of drug-likeness (QED) is 0.517. The molecule has 0 atom stereocenters. The fourth-order valence-electron chi connectivity index (χ4n) is 2.73. The summed E-state index contributed by atoms with van der Waals surface area (Å²) in [6.45, 7) is 0.417. The monoisotopic (exact) mass is 393 g/mol. The predicted octanol–water partition coefficient (Wildman–Crippen LogP) is 3.80. The van der Waals surface area contributed by atoms with Gasteiger partial charge < -0.3 is 4.90 Å². The average Bonchev–Trinajstić information content (AvgIpc) is 3.38. The molecule has 0 aliphatic heterocycles. The van der Waals surface area contributed by atoms with Crippen LogP contribution in [-0.2, 0) is 6.54 Å². The molecule has 1 amide bonds. The number of aromatic nitrogens is 4. The van der Waals surface area contributed by atoms with Crippen molar-refractivity contribution in [3.8, 4) is 16.4 Å². The molecule has 4 aromatic rings. The molecule has 140 valence electrons. The highest BCUT2D eigenvalue weighted by molar-refractivity contribution is 7.13. The summed E-state index contributed by atoms with van der Waals surface area (Å²) >= 11 is 1.49. The fraction of sp³-hybridized carbons (Fsp3) is 0.100. The highest BCUT2D eigenvalue weighted by atomic mass is 32.1. The Labute approximate surface area is 164 Å². The molecule has 6 nitrogen and oxygen atoms in total. The Balaban J connectivity index is 1.68. The van der Waals surface area contributed by atoms with Gasteiger partial charge in [0.05, 0.1) is 10.6 Å². The Morgan fingerprint density at radius 1 is 1.14 bits per heavy atom. The van der Waals surface area contributed by atoms with Crippen LogP contribution in [0.5, 0.6) is 0 Å². The molecule has 0 bridgehead atoms. The predicted molar refractivity (Wildman–Crippen MR) is 105 cm³/mol. The normalized spacial score (nSPS) is 10.8. The van der Waals surface area contributed by atoms with E-state index in [1.54, 1.807) is 41.2 Å². The second kappa shape index (κ2) is 7.69. The van der Waals surface area contributed by atoms with Gasteiger partial charge in [-0.2, -0.15) is 0 Å². The van der Waals surface area contributed by atoms with Crippen LogP contribution in [0.4, 0.5) is 4.39 Å². The van der Waals surface area contributed by atoms with Crippen LogP contribution in [0.2, 0.25) is 0 Å². The number of pyridine rings is 1. The summed E-state index contributed by atoms with van der Waals surface area (Å²) in [5.74, 6) is -0.00282. The van der Waals surface area contributed by atoms with E-state index in [1.165, 1.54) is 23.5 Å². The van der Waals surface area contributed by atoms with E-state index >= 15 is 0 Å². The van der Waals surface area contributed by atoms with Crippen LogP contribution < -0.4 is 0 Å². The molecule has 0 spiro atoms. The molecule has 0 saturated heterocycles. The summed E-state index contributed by atoms with van der Waals surface area (Å²) in [5, 5.41) is 6.34. The first-order valence-electron chi connectivity index (χ1n) is 8.53. The number of halogens is 1. The topological polar surface area (TPSA) is 63.9 Å². The molecule has 0 radical (unpaired) electrons. The molecule has 3 heterocycles. The van der Waals surface area contributed by atoms with Crippen molar-refractivity contribution in [3.63, 3.8) is 0 Å². The van der Waals surface area contributed by atoms with E-state index in [0.717, 1.165) is 10.4 Å². The molecular formula is C20H16FN5OS. The first-order valence-corrected chi connectivity index (χ1v) is 9.41. The zero-order valence-electron chi connectivity index (χ0n) is 15.0. The summed E-state index contributed by atoms with van der Waals surface area (Å²) in [7, 11) is 1.70. The maximum Gasteiger partial charge on any atom is 0.293 e. The Morgan fingerprint density at radius 2 is 1.89 bits per heavy atom.